The molecule has 2 amide bonds. The Morgan fingerprint density at radius 3 is 2.17 bits per heavy atom. The number of hydrogen-bond acceptors (Lipinski definition) is 7. The number of benzene rings is 1. The van der Waals surface area contributed by atoms with Crippen LogP contribution in [0.4, 0.5) is 4.79 Å². The van der Waals surface area contributed by atoms with E-state index in [1.54, 1.807) is 12.1 Å². The van der Waals surface area contributed by atoms with Gasteiger partial charge in [0.2, 0.25) is 5.91 Å². The Morgan fingerprint density at radius 1 is 0.933 bits per heavy atom. The van der Waals surface area contributed by atoms with E-state index in [-0.39, 0.29) is 25.4 Å². The van der Waals surface area contributed by atoms with Gasteiger partial charge in [0.05, 0.1) is 14.2 Å². The van der Waals surface area contributed by atoms with Crippen LogP contribution in [0.2, 0.25) is 0 Å². The maximum absolute atomic E-state index is 12.7. The van der Waals surface area contributed by atoms with Crippen molar-refractivity contribution in [2.24, 2.45) is 5.92 Å². The summed E-state index contributed by atoms with van der Waals surface area (Å²) in [4.78, 5) is 48.4. The molecule has 2 N–H and O–H groups in total. The molecule has 0 unspecified atom stereocenters. The Labute approximate surface area is 176 Å². The van der Waals surface area contributed by atoms with Gasteiger partial charge >= 0.3 is 18.0 Å². The quantitative estimate of drug-likeness (QED) is 0.413. The molecule has 0 aliphatic heterocycles. The number of nitrogens with one attached hydrogen (secondary N) is 2. The summed E-state index contributed by atoms with van der Waals surface area (Å²) in [6, 6.07) is 7.09. The molecule has 0 heterocycles. The molecule has 2 atom stereocenters. The van der Waals surface area contributed by atoms with Crippen LogP contribution < -0.4 is 10.6 Å². The summed E-state index contributed by atoms with van der Waals surface area (Å²) in [5, 5.41) is 5.03. The van der Waals surface area contributed by atoms with E-state index in [2.05, 4.69) is 15.4 Å². The molecule has 30 heavy (non-hydrogen) atoms. The van der Waals surface area contributed by atoms with Gasteiger partial charge in [-0.05, 0) is 24.3 Å². The molecule has 0 saturated heterocycles. The summed E-state index contributed by atoms with van der Waals surface area (Å²) in [7, 11) is 2.46. The van der Waals surface area contributed by atoms with Gasteiger partial charge < -0.3 is 24.8 Å². The third-order valence-electron chi connectivity index (χ3n) is 4.20. The van der Waals surface area contributed by atoms with Crippen molar-refractivity contribution >= 4 is 23.9 Å². The Hall–Kier alpha value is -3.10. The first-order valence-corrected chi connectivity index (χ1v) is 9.69. The van der Waals surface area contributed by atoms with Crippen LogP contribution in [0.5, 0.6) is 0 Å². The smallest absolute Gasteiger partial charge is 0.408 e. The average Bonchev–Trinajstić information content (AvgIpc) is 2.74. The molecule has 0 aliphatic carbocycles. The molecule has 9 nitrogen and oxygen atoms in total. The zero-order valence-corrected chi connectivity index (χ0v) is 17.8. The minimum Gasteiger partial charge on any atom is -0.469 e. The van der Waals surface area contributed by atoms with Crippen LogP contribution in [-0.2, 0) is 35.2 Å². The van der Waals surface area contributed by atoms with Crippen LogP contribution in [0.15, 0.2) is 30.3 Å². The second-order valence-electron chi connectivity index (χ2n) is 7.09. The lowest BCUT2D eigenvalue weighted by Crippen LogP contribution is -2.52. The van der Waals surface area contributed by atoms with Crippen molar-refractivity contribution in [3.05, 3.63) is 35.9 Å². The highest BCUT2D eigenvalue weighted by Crippen LogP contribution is 2.09. The molecule has 9 heteroatoms. The lowest BCUT2D eigenvalue weighted by molar-refractivity contribution is -0.146. The molecule has 0 bridgehead atoms. The molecule has 1 aromatic rings. The largest absolute Gasteiger partial charge is 0.469 e. The van der Waals surface area contributed by atoms with Gasteiger partial charge in [-0.15, -0.1) is 0 Å². The number of alkyl carbamates (subject to hydrolysis) is 1. The first-order chi connectivity index (χ1) is 14.3. The fourth-order valence-corrected chi connectivity index (χ4v) is 2.64. The molecular formula is C21H30N2O7. The van der Waals surface area contributed by atoms with Gasteiger partial charge in [-0.1, -0.05) is 44.2 Å². The molecular weight excluding hydrogens is 392 g/mol. The van der Waals surface area contributed by atoms with Crippen LogP contribution in [-0.4, -0.2) is 50.2 Å². The van der Waals surface area contributed by atoms with Crippen molar-refractivity contribution in [3.63, 3.8) is 0 Å². The predicted octanol–water partition coefficient (Wildman–Crippen LogP) is 1.94. The zero-order valence-electron chi connectivity index (χ0n) is 17.8. The van der Waals surface area contributed by atoms with Gasteiger partial charge in [0, 0.05) is 6.42 Å². The zero-order chi connectivity index (χ0) is 22.5. The van der Waals surface area contributed by atoms with Crippen molar-refractivity contribution in [2.45, 2.75) is 51.8 Å². The monoisotopic (exact) mass is 422 g/mol. The summed E-state index contributed by atoms with van der Waals surface area (Å²) in [6.07, 6.45) is -0.572. The summed E-state index contributed by atoms with van der Waals surface area (Å²) in [5.74, 6) is -1.62. The molecule has 0 saturated carbocycles. The Kier molecular flexibility index (Phi) is 11.0. The number of methoxy groups -OCH3 is 2. The fraction of sp³-hybridized carbons (Fsp3) is 0.524. The molecule has 1 aromatic carbocycles. The molecule has 0 fully saturated rings. The van der Waals surface area contributed by atoms with Gasteiger partial charge in [0.15, 0.2) is 0 Å². The molecule has 0 spiro atoms. The predicted molar refractivity (Wildman–Crippen MR) is 108 cm³/mol. The normalized spacial score (nSPS) is 12.4. The van der Waals surface area contributed by atoms with Crippen molar-refractivity contribution in [1.82, 2.24) is 10.6 Å². The second kappa shape index (κ2) is 13.2. The minimum absolute atomic E-state index is 0.0193. The first-order valence-electron chi connectivity index (χ1n) is 9.69. The maximum Gasteiger partial charge on any atom is 0.408 e. The molecule has 0 aliphatic rings. The average molecular weight is 422 g/mol. The van der Waals surface area contributed by atoms with Crippen LogP contribution in [0, 0.1) is 5.92 Å². The van der Waals surface area contributed by atoms with Gasteiger partial charge in [-0.3, -0.25) is 9.59 Å². The second-order valence-corrected chi connectivity index (χ2v) is 7.09. The van der Waals surface area contributed by atoms with Crippen LogP contribution in [0.3, 0.4) is 0 Å². The van der Waals surface area contributed by atoms with Crippen molar-refractivity contribution in [3.8, 4) is 0 Å². The van der Waals surface area contributed by atoms with Crippen molar-refractivity contribution in [1.29, 1.82) is 0 Å². The van der Waals surface area contributed by atoms with Gasteiger partial charge in [0.25, 0.3) is 0 Å². The lowest BCUT2D eigenvalue weighted by atomic mass is 10.0. The van der Waals surface area contributed by atoms with E-state index in [1.807, 2.05) is 32.0 Å². The van der Waals surface area contributed by atoms with Gasteiger partial charge in [0.1, 0.15) is 18.7 Å². The lowest BCUT2D eigenvalue weighted by Gasteiger charge is -2.23. The van der Waals surface area contributed by atoms with E-state index in [1.165, 1.54) is 14.2 Å². The SMILES string of the molecule is COC(=O)CC[C@@H](NC(=O)OCc1ccccc1)C(=O)N[C@H](CC(C)C)C(=O)OC. The van der Waals surface area contributed by atoms with Crippen LogP contribution in [0.1, 0.15) is 38.7 Å². The van der Waals surface area contributed by atoms with Crippen LogP contribution >= 0.6 is 0 Å². The molecule has 0 aromatic heterocycles. The van der Waals surface area contributed by atoms with Crippen LogP contribution in [0.25, 0.3) is 0 Å². The van der Waals surface area contributed by atoms with Gasteiger partial charge in [-0.25, -0.2) is 9.59 Å². The van der Waals surface area contributed by atoms with Crippen molar-refractivity contribution in [2.75, 3.05) is 14.2 Å². The van der Waals surface area contributed by atoms with E-state index in [9.17, 15) is 19.2 Å². The third-order valence-corrected chi connectivity index (χ3v) is 4.20. The standard InChI is InChI=1S/C21H30N2O7/c1-14(2)12-17(20(26)29-4)22-19(25)16(10-11-18(24)28-3)23-21(27)30-13-15-8-6-5-7-9-15/h5-9,14,16-17H,10-13H2,1-4H3,(H,22,25)(H,23,27)/t16-,17-/m1/s1. The summed E-state index contributed by atoms with van der Waals surface area (Å²) in [6.45, 7) is 3.82. The number of ether oxygens (including phenoxy) is 3. The van der Waals surface area contributed by atoms with E-state index >= 15 is 0 Å². The number of rotatable bonds is 11. The highest BCUT2D eigenvalue weighted by Gasteiger charge is 2.28. The summed E-state index contributed by atoms with van der Waals surface area (Å²) >= 11 is 0. The molecule has 0 radical (unpaired) electrons. The Balaban J connectivity index is 2.78. The topological polar surface area (TPSA) is 120 Å². The summed E-state index contributed by atoms with van der Waals surface area (Å²) in [5.41, 5.74) is 0.783. The number of esters is 2. The number of hydrogen-bond donors (Lipinski definition) is 2. The molecule has 166 valence electrons. The highest BCUT2D eigenvalue weighted by molar-refractivity contribution is 5.90. The minimum atomic E-state index is -1.09. The van der Waals surface area contributed by atoms with Gasteiger partial charge in [-0.2, -0.15) is 0 Å². The van der Waals surface area contributed by atoms with E-state index < -0.39 is 36.0 Å². The third kappa shape index (κ3) is 9.40. The van der Waals surface area contributed by atoms with E-state index in [0.29, 0.717) is 6.42 Å². The van der Waals surface area contributed by atoms with Crippen molar-refractivity contribution < 1.29 is 33.4 Å². The maximum atomic E-state index is 12.7. The van der Waals surface area contributed by atoms with E-state index in [0.717, 1.165) is 5.56 Å². The number of carbonyl (C=O) groups is 4. The molecule has 1 rings (SSSR count). The number of carbonyl (C=O) groups excluding carboxylic acids is 4. The first kappa shape index (κ1) is 24.9. The highest BCUT2D eigenvalue weighted by atomic mass is 16.5. The Bertz CT molecular complexity index is 707. The summed E-state index contributed by atoms with van der Waals surface area (Å²) < 4.78 is 14.5. The fourth-order valence-electron chi connectivity index (χ4n) is 2.64. The van der Waals surface area contributed by atoms with E-state index in [4.69, 9.17) is 9.47 Å². The number of amides is 2. The Morgan fingerprint density at radius 2 is 1.60 bits per heavy atom.